The van der Waals surface area contributed by atoms with E-state index in [4.69, 9.17) is 4.65 Å². The minimum atomic E-state index is -0.975. The zero-order chi connectivity index (χ0) is 25.4. The van der Waals surface area contributed by atoms with Crippen LogP contribution in [0, 0.1) is 17.8 Å². The van der Waals surface area contributed by atoms with E-state index in [2.05, 4.69) is 6.92 Å². The maximum absolute atomic E-state index is 13.0. The standard InChI is InChI=1S/C29H32BNO5/c1-3-18-16-22-27(29(34)31(2)28(22)33)23-17-30(35)36-25(26(18)23)14-13-20(19-9-5-4-6-10-19)15-21-11-7-8-12-24(21)32/h4-12,15,22-23,25,27,32,35H,3,13-14,16-17H2,1-2H3/b20-15-/t22-,23+,25-,27-/m1/s1. The van der Waals surface area contributed by atoms with Crippen LogP contribution in [-0.4, -0.2) is 47.1 Å². The lowest BCUT2D eigenvalue weighted by Gasteiger charge is -2.43. The van der Waals surface area contributed by atoms with Crippen molar-refractivity contribution in [3.63, 3.8) is 0 Å². The highest BCUT2D eigenvalue weighted by atomic mass is 16.5. The van der Waals surface area contributed by atoms with E-state index in [1.807, 2.05) is 48.5 Å². The Morgan fingerprint density at radius 2 is 1.81 bits per heavy atom. The Morgan fingerprint density at radius 1 is 1.08 bits per heavy atom. The number of carbonyl (C=O) groups is 2. The fraction of sp³-hybridized carbons (Fsp3) is 0.379. The maximum atomic E-state index is 13.0. The molecule has 1 aliphatic carbocycles. The van der Waals surface area contributed by atoms with Crippen molar-refractivity contribution >= 4 is 30.6 Å². The quantitative estimate of drug-likeness (QED) is 0.271. The Hall–Kier alpha value is -3.16. The average Bonchev–Trinajstić information content (AvgIpc) is 3.11. The number of benzene rings is 2. The third-order valence-electron chi connectivity index (χ3n) is 8.04. The largest absolute Gasteiger partial charge is 0.507 e. The zero-order valence-corrected chi connectivity index (χ0v) is 20.8. The van der Waals surface area contributed by atoms with Gasteiger partial charge in [0.05, 0.1) is 17.9 Å². The molecule has 2 N–H and O–H groups in total. The van der Waals surface area contributed by atoms with Crippen LogP contribution in [0.5, 0.6) is 5.75 Å². The summed E-state index contributed by atoms with van der Waals surface area (Å²) in [6.07, 6.45) is 4.65. The summed E-state index contributed by atoms with van der Waals surface area (Å²) in [7, 11) is 0.592. The van der Waals surface area contributed by atoms with E-state index in [0.29, 0.717) is 25.6 Å². The van der Waals surface area contributed by atoms with E-state index >= 15 is 0 Å². The molecule has 36 heavy (non-hydrogen) atoms. The van der Waals surface area contributed by atoms with E-state index in [1.165, 1.54) is 10.5 Å². The van der Waals surface area contributed by atoms with Gasteiger partial charge in [-0.25, -0.2) is 0 Å². The second-order valence-electron chi connectivity index (χ2n) is 10.0. The first-order valence-corrected chi connectivity index (χ1v) is 12.8. The van der Waals surface area contributed by atoms with Gasteiger partial charge in [0.1, 0.15) is 5.75 Å². The molecule has 0 bridgehead atoms. The highest BCUT2D eigenvalue weighted by molar-refractivity contribution is 6.43. The lowest BCUT2D eigenvalue weighted by molar-refractivity contribution is -0.138. The molecule has 2 saturated heterocycles. The second kappa shape index (κ2) is 10.1. The summed E-state index contributed by atoms with van der Waals surface area (Å²) < 4.78 is 6.10. The van der Waals surface area contributed by atoms with Gasteiger partial charge in [0.2, 0.25) is 11.8 Å². The summed E-state index contributed by atoms with van der Waals surface area (Å²) in [4.78, 5) is 27.1. The fourth-order valence-electron chi connectivity index (χ4n) is 6.30. The van der Waals surface area contributed by atoms with Crippen LogP contribution in [0.1, 0.15) is 43.7 Å². The Labute approximate surface area is 212 Å². The molecule has 0 unspecified atom stereocenters. The molecule has 7 heteroatoms. The highest BCUT2D eigenvalue weighted by Gasteiger charge is 2.56. The van der Waals surface area contributed by atoms with Gasteiger partial charge >= 0.3 is 7.12 Å². The number of amides is 2. The van der Waals surface area contributed by atoms with Crippen LogP contribution in [0.2, 0.25) is 6.32 Å². The number of fused-ring (bicyclic) bond motifs is 3. The molecule has 2 aromatic carbocycles. The number of imide groups is 1. The third-order valence-corrected chi connectivity index (χ3v) is 8.04. The molecule has 0 spiro atoms. The average molecular weight is 485 g/mol. The first-order valence-electron chi connectivity index (χ1n) is 12.8. The third kappa shape index (κ3) is 4.42. The number of rotatable bonds is 6. The van der Waals surface area contributed by atoms with Gasteiger partial charge in [0.15, 0.2) is 0 Å². The number of phenolic OH excluding ortho intramolecular Hbond substituents is 1. The first kappa shape index (κ1) is 24.5. The molecule has 4 atom stereocenters. The van der Waals surface area contributed by atoms with Crippen molar-refractivity contribution in [2.75, 3.05) is 7.05 Å². The second-order valence-corrected chi connectivity index (χ2v) is 10.0. The number of aromatic hydroxyl groups is 1. The van der Waals surface area contributed by atoms with Crippen LogP contribution in [0.25, 0.3) is 11.6 Å². The minimum Gasteiger partial charge on any atom is -0.507 e. The SMILES string of the molecule is CCC1=C2[C@@H](CC/C(=C/c3ccccc3O)c3ccccc3)OB(O)C[C@@H]2[C@@H]2C(=O)N(C)C(=O)[C@@H]2C1. The zero-order valence-electron chi connectivity index (χ0n) is 20.8. The van der Waals surface area contributed by atoms with Crippen molar-refractivity contribution in [1.29, 1.82) is 0 Å². The molecule has 5 rings (SSSR count). The van der Waals surface area contributed by atoms with E-state index < -0.39 is 13.0 Å². The summed E-state index contributed by atoms with van der Waals surface area (Å²) in [6.45, 7) is 2.08. The van der Waals surface area contributed by atoms with E-state index in [1.54, 1.807) is 19.2 Å². The van der Waals surface area contributed by atoms with Crippen LogP contribution in [0.15, 0.2) is 65.7 Å². The Bertz CT molecular complexity index is 1220. The first-order chi connectivity index (χ1) is 17.4. The molecule has 2 aliphatic heterocycles. The van der Waals surface area contributed by atoms with Gasteiger partial charge in [0.25, 0.3) is 0 Å². The van der Waals surface area contributed by atoms with Crippen molar-refractivity contribution < 1.29 is 24.4 Å². The van der Waals surface area contributed by atoms with Gasteiger partial charge in [-0.3, -0.25) is 14.5 Å². The molecular formula is C29H32BNO5. The number of para-hydroxylation sites is 1. The van der Waals surface area contributed by atoms with Crippen molar-refractivity contribution in [2.24, 2.45) is 17.8 Å². The monoisotopic (exact) mass is 485 g/mol. The predicted molar refractivity (Wildman–Crippen MR) is 139 cm³/mol. The van der Waals surface area contributed by atoms with E-state index in [-0.39, 0.29) is 35.5 Å². The van der Waals surface area contributed by atoms with Gasteiger partial charge in [-0.05, 0) is 66.8 Å². The Kier molecular flexibility index (Phi) is 6.86. The van der Waals surface area contributed by atoms with Gasteiger partial charge in [-0.1, -0.05) is 61.0 Å². The summed E-state index contributed by atoms with van der Waals surface area (Å²) >= 11 is 0. The molecule has 0 radical (unpaired) electrons. The molecule has 186 valence electrons. The number of phenols is 1. The predicted octanol–water partition coefficient (Wildman–Crippen LogP) is 4.55. The molecule has 2 fully saturated rings. The topological polar surface area (TPSA) is 87.1 Å². The summed E-state index contributed by atoms with van der Waals surface area (Å²) in [6, 6.07) is 17.3. The Balaban J connectivity index is 1.47. The maximum Gasteiger partial charge on any atom is 0.455 e. The van der Waals surface area contributed by atoms with Crippen molar-refractivity contribution in [1.82, 2.24) is 4.90 Å². The number of hydrogen-bond donors (Lipinski definition) is 2. The molecule has 3 aliphatic rings. The molecule has 2 aromatic rings. The number of likely N-dealkylation sites (tertiary alicyclic amines) is 1. The fourth-order valence-corrected chi connectivity index (χ4v) is 6.30. The minimum absolute atomic E-state index is 0.107. The van der Waals surface area contributed by atoms with Crippen LogP contribution >= 0.6 is 0 Å². The van der Waals surface area contributed by atoms with Crippen LogP contribution in [-0.2, 0) is 14.2 Å². The summed E-state index contributed by atoms with van der Waals surface area (Å²) in [5.74, 6) is -0.962. The lowest BCUT2D eigenvalue weighted by Crippen LogP contribution is -2.46. The number of allylic oxidation sites excluding steroid dienone is 2. The van der Waals surface area contributed by atoms with Crippen LogP contribution in [0.4, 0.5) is 0 Å². The van der Waals surface area contributed by atoms with Gasteiger partial charge in [-0.15, -0.1) is 0 Å². The number of nitrogens with zero attached hydrogens (tertiary/aromatic N) is 1. The molecular weight excluding hydrogens is 453 g/mol. The Morgan fingerprint density at radius 3 is 2.53 bits per heavy atom. The van der Waals surface area contributed by atoms with Gasteiger partial charge in [0, 0.05) is 12.6 Å². The van der Waals surface area contributed by atoms with E-state index in [0.717, 1.165) is 28.7 Å². The summed E-state index contributed by atoms with van der Waals surface area (Å²) in [5, 5.41) is 21.0. The van der Waals surface area contributed by atoms with Gasteiger partial charge in [-0.2, -0.15) is 0 Å². The molecule has 0 saturated carbocycles. The van der Waals surface area contributed by atoms with Crippen LogP contribution < -0.4 is 0 Å². The molecule has 6 nitrogen and oxygen atoms in total. The normalized spacial score (nSPS) is 26.4. The molecule has 0 aromatic heterocycles. The van der Waals surface area contributed by atoms with Crippen molar-refractivity contribution in [3.8, 4) is 5.75 Å². The number of hydrogen-bond acceptors (Lipinski definition) is 5. The summed E-state index contributed by atoms with van der Waals surface area (Å²) in [5.41, 5.74) is 5.14. The smallest absolute Gasteiger partial charge is 0.455 e. The van der Waals surface area contributed by atoms with Crippen molar-refractivity contribution in [2.45, 2.75) is 45.0 Å². The number of carbonyl (C=O) groups excluding carboxylic acids is 2. The molecule has 2 amide bonds. The molecule has 2 heterocycles. The van der Waals surface area contributed by atoms with Crippen molar-refractivity contribution in [3.05, 3.63) is 76.9 Å². The van der Waals surface area contributed by atoms with E-state index in [9.17, 15) is 19.7 Å². The lowest BCUT2D eigenvalue weighted by atomic mass is 9.58. The van der Waals surface area contributed by atoms with Crippen LogP contribution in [0.3, 0.4) is 0 Å². The van der Waals surface area contributed by atoms with Gasteiger partial charge < -0.3 is 14.8 Å². The highest BCUT2D eigenvalue weighted by Crippen LogP contribution is 2.51.